The monoisotopic (exact) mass is 232 g/mol. The lowest BCUT2D eigenvalue weighted by atomic mass is 10.2. The van der Waals surface area contributed by atoms with Gasteiger partial charge >= 0.3 is 0 Å². The maximum absolute atomic E-state index is 8.87. The lowest BCUT2D eigenvalue weighted by molar-refractivity contribution is 0.242. The van der Waals surface area contributed by atoms with Gasteiger partial charge in [0, 0.05) is 12.7 Å². The number of rotatable bonds is 5. The van der Waals surface area contributed by atoms with Crippen LogP contribution in [0.2, 0.25) is 0 Å². The van der Waals surface area contributed by atoms with Gasteiger partial charge in [-0.05, 0) is 30.7 Å². The summed E-state index contributed by atoms with van der Waals surface area (Å²) < 4.78 is 5.37. The Labute approximate surface area is 100 Å². The highest BCUT2D eigenvalue weighted by Gasteiger charge is 2.02. The lowest BCUT2D eigenvalue weighted by Crippen LogP contribution is -2.14. The highest BCUT2D eigenvalue weighted by atomic mass is 16.4. The van der Waals surface area contributed by atoms with Gasteiger partial charge < -0.3 is 14.8 Å². The summed E-state index contributed by atoms with van der Waals surface area (Å²) in [5.41, 5.74) is 2.22. The fraction of sp³-hybridized carbons (Fsp3) is 0.308. The molecule has 0 amide bonds. The van der Waals surface area contributed by atoms with Crippen LogP contribution in [-0.2, 0) is 19.7 Å². The van der Waals surface area contributed by atoms with Gasteiger partial charge in [0.2, 0.25) is 0 Å². The molecule has 2 aromatic heterocycles. The Morgan fingerprint density at radius 3 is 2.76 bits per heavy atom. The van der Waals surface area contributed by atoms with E-state index < -0.39 is 0 Å². The van der Waals surface area contributed by atoms with Gasteiger partial charge in [-0.2, -0.15) is 0 Å². The molecule has 0 atom stereocenters. The third-order valence-electron chi connectivity index (χ3n) is 2.58. The van der Waals surface area contributed by atoms with E-state index in [1.54, 1.807) is 12.3 Å². The fourth-order valence-corrected chi connectivity index (χ4v) is 1.61. The molecule has 2 heterocycles. The Kier molecular flexibility index (Phi) is 3.90. The van der Waals surface area contributed by atoms with Crippen molar-refractivity contribution in [3.05, 3.63) is 53.2 Å². The van der Waals surface area contributed by atoms with Gasteiger partial charge in [0.25, 0.3) is 0 Å². The average Bonchev–Trinajstić information content (AvgIpc) is 2.80. The van der Waals surface area contributed by atoms with Crippen molar-refractivity contribution in [3.8, 4) is 0 Å². The highest BCUT2D eigenvalue weighted by Crippen LogP contribution is 2.08. The van der Waals surface area contributed by atoms with Crippen molar-refractivity contribution in [2.75, 3.05) is 0 Å². The maximum Gasteiger partial charge on any atom is 0.129 e. The minimum absolute atomic E-state index is 0.0562. The number of nitrogens with one attached hydrogen (secondary N) is 1. The molecule has 0 aromatic carbocycles. The number of hydrogen-bond acceptors (Lipinski definition) is 4. The molecule has 4 heteroatoms. The van der Waals surface area contributed by atoms with Crippen molar-refractivity contribution in [2.45, 2.75) is 26.6 Å². The Morgan fingerprint density at radius 2 is 2.06 bits per heavy atom. The topological polar surface area (TPSA) is 58.3 Å². The summed E-state index contributed by atoms with van der Waals surface area (Å²) in [5, 5.41) is 12.1. The zero-order valence-electron chi connectivity index (χ0n) is 9.81. The third-order valence-corrected chi connectivity index (χ3v) is 2.58. The third kappa shape index (κ3) is 3.15. The van der Waals surface area contributed by atoms with Crippen LogP contribution in [0.15, 0.2) is 34.9 Å². The first-order chi connectivity index (χ1) is 8.29. The predicted octanol–water partition coefficient (Wildman–Crippen LogP) is 1.77. The molecule has 0 saturated carbocycles. The molecule has 2 rings (SSSR count). The van der Waals surface area contributed by atoms with E-state index in [1.165, 1.54) is 5.56 Å². The van der Waals surface area contributed by atoms with Crippen molar-refractivity contribution in [1.29, 1.82) is 0 Å². The van der Waals surface area contributed by atoms with Crippen LogP contribution in [0.5, 0.6) is 0 Å². The Balaban J connectivity index is 1.85. The molecule has 0 aliphatic carbocycles. The molecule has 90 valence electrons. The summed E-state index contributed by atoms with van der Waals surface area (Å²) in [6.45, 7) is 3.33. The summed E-state index contributed by atoms with van der Waals surface area (Å²) in [6, 6.07) is 7.62. The summed E-state index contributed by atoms with van der Waals surface area (Å²) in [4.78, 5) is 4.30. The van der Waals surface area contributed by atoms with Crippen molar-refractivity contribution < 1.29 is 9.52 Å². The van der Waals surface area contributed by atoms with Crippen LogP contribution in [0.1, 0.15) is 22.8 Å². The van der Waals surface area contributed by atoms with Crippen LogP contribution >= 0.6 is 0 Å². The first-order valence-electron chi connectivity index (χ1n) is 5.59. The van der Waals surface area contributed by atoms with E-state index in [1.807, 2.05) is 25.1 Å². The number of aryl methyl sites for hydroxylation is 1. The van der Waals surface area contributed by atoms with Crippen molar-refractivity contribution in [1.82, 2.24) is 10.3 Å². The van der Waals surface area contributed by atoms with Gasteiger partial charge in [0.1, 0.15) is 18.1 Å². The SMILES string of the molecule is Cc1cccnc1CNCc1ccc(CO)o1. The molecule has 0 spiro atoms. The summed E-state index contributed by atoms with van der Waals surface area (Å²) >= 11 is 0. The summed E-state index contributed by atoms with van der Waals surface area (Å²) in [6.07, 6.45) is 1.79. The number of hydrogen-bond donors (Lipinski definition) is 2. The number of aliphatic hydroxyl groups excluding tert-OH is 1. The quantitative estimate of drug-likeness (QED) is 0.824. The Morgan fingerprint density at radius 1 is 1.24 bits per heavy atom. The standard InChI is InChI=1S/C13H16N2O2/c1-10-3-2-6-15-13(10)8-14-7-11-4-5-12(9-16)17-11/h2-6,14,16H,7-9H2,1H3. The van der Waals surface area contributed by atoms with Crippen LogP contribution in [0.3, 0.4) is 0 Å². The molecule has 0 fully saturated rings. The zero-order chi connectivity index (χ0) is 12.1. The Hall–Kier alpha value is -1.65. The van der Waals surface area contributed by atoms with E-state index in [0.717, 1.165) is 11.5 Å². The van der Waals surface area contributed by atoms with Crippen LogP contribution in [0.4, 0.5) is 0 Å². The average molecular weight is 232 g/mol. The molecule has 0 radical (unpaired) electrons. The second kappa shape index (κ2) is 5.61. The van der Waals surface area contributed by atoms with Gasteiger partial charge in [-0.15, -0.1) is 0 Å². The number of aromatic nitrogens is 1. The number of aliphatic hydroxyl groups is 1. The van der Waals surface area contributed by atoms with Crippen LogP contribution in [-0.4, -0.2) is 10.1 Å². The minimum Gasteiger partial charge on any atom is -0.462 e. The first kappa shape index (κ1) is 11.8. The fourth-order valence-electron chi connectivity index (χ4n) is 1.61. The molecule has 0 aliphatic heterocycles. The number of furan rings is 1. The van der Waals surface area contributed by atoms with Gasteiger partial charge in [0.05, 0.1) is 12.2 Å². The molecule has 0 unspecified atom stereocenters. The first-order valence-corrected chi connectivity index (χ1v) is 5.59. The van der Waals surface area contributed by atoms with Crippen LogP contribution in [0, 0.1) is 6.92 Å². The molecule has 17 heavy (non-hydrogen) atoms. The van der Waals surface area contributed by atoms with Crippen LogP contribution in [0.25, 0.3) is 0 Å². The van der Waals surface area contributed by atoms with Crippen molar-refractivity contribution in [2.24, 2.45) is 0 Å². The van der Waals surface area contributed by atoms with E-state index in [4.69, 9.17) is 9.52 Å². The van der Waals surface area contributed by atoms with Gasteiger partial charge in [-0.1, -0.05) is 6.07 Å². The predicted molar refractivity (Wildman–Crippen MR) is 64.1 cm³/mol. The second-order valence-electron chi connectivity index (χ2n) is 3.90. The number of pyridine rings is 1. The van der Waals surface area contributed by atoms with Gasteiger partial charge in [0.15, 0.2) is 0 Å². The smallest absolute Gasteiger partial charge is 0.129 e. The second-order valence-corrected chi connectivity index (χ2v) is 3.90. The molecule has 0 bridgehead atoms. The van der Waals surface area contributed by atoms with E-state index in [9.17, 15) is 0 Å². The summed E-state index contributed by atoms with van der Waals surface area (Å²) in [7, 11) is 0. The van der Waals surface area contributed by atoms with Crippen LogP contribution < -0.4 is 5.32 Å². The number of nitrogens with zero attached hydrogens (tertiary/aromatic N) is 1. The van der Waals surface area contributed by atoms with Gasteiger partial charge in [-0.25, -0.2) is 0 Å². The van der Waals surface area contributed by atoms with Crippen molar-refractivity contribution >= 4 is 0 Å². The molecule has 2 aromatic rings. The largest absolute Gasteiger partial charge is 0.462 e. The van der Waals surface area contributed by atoms with E-state index >= 15 is 0 Å². The molecular formula is C13H16N2O2. The Bertz CT molecular complexity index is 480. The summed E-state index contributed by atoms with van der Waals surface area (Å²) in [5.74, 6) is 1.42. The molecule has 4 nitrogen and oxygen atoms in total. The van der Waals surface area contributed by atoms with Crippen molar-refractivity contribution in [3.63, 3.8) is 0 Å². The normalized spacial score (nSPS) is 10.7. The minimum atomic E-state index is -0.0562. The highest BCUT2D eigenvalue weighted by molar-refractivity contribution is 5.17. The van der Waals surface area contributed by atoms with E-state index in [2.05, 4.69) is 10.3 Å². The molecule has 0 saturated heterocycles. The lowest BCUT2D eigenvalue weighted by Gasteiger charge is -2.05. The zero-order valence-corrected chi connectivity index (χ0v) is 9.81. The van der Waals surface area contributed by atoms with E-state index in [-0.39, 0.29) is 6.61 Å². The van der Waals surface area contributed by atoms with Gasteiger partial charge in [-0.3, -0.25) is 4.98 Å². The maximum atomic E-state index is 8.87. The molecule has 0 aliphatic rings. The van der Waals surface area contributed by atoms with E-state index in [0.29, 0.717) is 18.8 Å². The molecule has 2 N–H and O–H groups in total. The molecular weight excluding hydrogens is 216 g/mol.